The van der Waals surface area contributed by atoms with Crippen molar-refractivity contribution in [3.8, 4) is 0 Å². The molecule has 12 atom stereocenters. The van der Waals surface area contributed by atoms with Crippen molar-refractivity contribution in [2.45, 2.75) is 126 Å². The van der Waals surface area contributed by atoms with Gasteiger partial charge in [-0.25, -0.2) is 0 Å². The SMILES string of the molecule is C[Si](C)(C1CCC2C=CC=CC21)[Si](C)(C)C1CCC2C=CC=CC21.C[Si](C)(C1CCC2C=CC=CC21)[Si](C)(C)C1CCC2C=CC=CC21.[CH3-].[CH3-].[CH3-].[CH3-].[Cl][Zr+2][Cl].[Cl][Zr+2][Cl]. The van der Waals surface area contributed by atoms with Crippen LogP contribution in [0, 0.1) is 77.0 Å². The third-order valence-corrected chi connectivity index (χ3v) is 58.5. The fraction of sp³-hybridized carbons (Fsp3) is 0.583. The van der Waals surface area contributed by atoms with E-state index in [1.807, 2.05) is 0 Å². The van der Waals surface area contributed by atoms with E-state index in [1.54, 1.807) is 0 Å². The Morgan fingerprint density at radius 1 is 0.310 bits per heavy atom. The molecule has 8 aliphatic rings. The second-order valence-electron chi connectivity index (χ2n) is 19.8. The van der Waals surface area contributed by atoms with Crippen molar-refractivity contribution in [1.29, 1.82) is 0 Å². The molecule has 324 valence electrons. The summed E-state index contributed by atoms with van der Waals surface area (Å²) in [6.07, 6.45) is 50.6. The van der Waals surface area contributed by atoms with Gasteiger partial charge in [0.05, 0.1) is 0 Å². The summed E-state index contributed by atoms with van der Waals surface area (Å²) >= 11 is -1.65. The standard InChI is InChI=1S/2C22H34Si2.4CH3.4ClH.2Zr/c2*1-23(2,21-15-13-17-9-5-7-11-19(17)21)24(3,4)22-16-14-18-10-6-8-12-20(18)22;;;;;;;;;;/h2*5-12,17-22H,13-16H2,1-4H3;4*1H3;4*1H;;/q;;4*-1;;;;;2*+4/p-4. The van der Waals surface area contributed by atoms with Crippen LogP contribution in [0.2, 0.25) is 74.5 Å². The molecule has 0 aromatic rings. The second kappa shape index (κ2) is 25.4. The molecule has 12 unspecified atom stereocenters. The number of fused-ring (bicyclic) bond motifs is 4. The van der Waals surface area contributed by atoms with E-state index in [9.17, 15) is 0 Å². The number of halogens is 4. The van der Waals surface area contributed by atoms with Crippen molar-refractivity contribution < 1.29 is 41.7 Å². The normalized spacial score (nSPS) is 34.1. The Morgan fingerprint density at radius 3 is 0.638 bits per heavy atom. The van der Waals surface area contributed by atoms with Gasteiger partial charge < -0.3 is 29.7 Å². The summed E-state index contributed by atoms with van der Waals surface area (Å²) < 4.78 is 0. The van der Waals surface area contributed by atoms with E-state index in [1.165, 1.54) is 51.4 Å². The topological polar surface area (TPSA) is 0 Å². The first-order chi connectivity index (χ1) is 25.7. The van der Waals surface area contributed by atoms with Gasteiger partial charge in [-0.1, -0.05) is 175 Å². The summed E-state index contributed by atoms with van der Waals surface area (Å²) in [5.74, 6) is 6.86. The molecule has 0 aliphatic heterocycles. The summed E-state index contributed by atoms with van der Waals surface area (Å²) in [4.78, 5) is 0. The fourth-order valence-electron chi connectivity index (χ4n) is 13.1. The van der Waals surface area contributed by atoms with Crippen LogP contribution in [0.3, 0.4) is 0 Å². The Labute approximate surface area is 401 Å². The molecule has 0 N–H and O–H groups in total. The van der Waals surface area contributed by atoms with Crippen LogP contribution >= 0.6 is 34.1 Å². The molecular weight excluding hydrogens is 1010 g/mol. The van der Waals surface area contributed by atoms with Crippen molar-refractivity contribution in [2.24, 2.45) is 47.3 Å². The summed E-state index contributed by atoms with van der Waals surface area (Å²) in [5.41, 5.74) is 4.08. The van der Waals surface area contributed by atoms with Crippen LogP contribution < -0.4 is 0 Å². The number of hydrogen-bond donors (Lipinski definition) is 0. The van der Waals surface area contributed by atoms with Crippen LogP contribution in [-0.4, -0.2) is 30.4 Å². The van der Waals surface area contributed by atoms with E-state index >= 15 is 0 Å². The maximum absolute atomic E-state index is 4.93. The molecule has 8 rings (SSSR count). The molecular formula is C48H80Cl4Si4Zr2. The summed E-state index contributed by atoms with van der Waals surface area (Å²) in [7, 11) is 14.7. The predicted octanol–water partition coefficient (Wildman–Crippen LogP) is 17.6. The zero-order valence-corrected chi connectivity index (χ0v) is 50.3. The monoisotopic (exact) mass is 1090 g/mol. The number of hydrogen-bond acceptors (Lipinski definition) is 0. The molecule has 58 heavy (non-hydrogen) atoms. The third-order valence-electron chi connectivity index (χ3n) is 17.3. The van der Waals surface area contributed by atoms with Crippen LogP contribution in [0.4, 0.5) is 0 Å². The molecule has 0 aromatic heterocycles. The average Bonchev–Trinajstić information content (AvgIpc) is 3.97. The van der Waals surface area contributed by atoms with Gasteiger partial charge in [0, 0.05) is 30.4 Å². The Kier molecular flexibility index (Phi) is 25.3. The zero-order chi connectivity index (χ0) is 39.3. The molecule has 4 saturated carbocycles. The van der Waals surface area contributed by atoms with Gasteiger partial charge in [0.15, 0.2) is 0 Å². The zero-order valence-electron chi connectivity index (χ0n) is 38.3. The molecule has 0 aromatic carbocycles. The molecule has 0 amide bonds. The minimum atomic E-state index is -1.25. The first-order valence-corrected chi connectivity index (χ1v) is 48.0. The van der Waals surface area contributed by atoms with Gasteiger partial charge in [0.25, 0.3) is 0 Å². The Bertz CT molecular complexity index is 1280. The molecule has 4 fully saturated rings. The number of allylic oxidation sites excluding steroid dienone is 16. The molecule has 0 spiro atoms. The number of rotatable bonds is 6. The molecule has 8 aliphatic carbocycles. The van der Waals surface area contributed by atoms with Gasteiger partial charge in [-0.05, 0) is 95.2 Å². The van der Waals surface area contributed by atoms with Crippen LogP contribution in [0.5, 0.6) is 0 Å². The van der Waals surface area contributed by atoms with E-state index in [0.717, 1.165) is 69.5 Å². The van der Waals surface area contributed by atoms with Crippen molar-refractivity contribution in [1.82, 2.24) is 0 Å². The first kappa shape index (κ1) is 57.7. The molecule has 0 radical (unpaired) electrons. The van der Waals surface area contributed by atoms with Crippen molar-refractivity contribution in [3.05, 3.63) is 127 Å². The van der Waals surface area contributed by atoms with E-state index in [0.29, 0.717) is 0 Å². The van der Waals surface area contributed by atoms with E-state index in [2.05, 4.69) is 150 Å². The maximum atomic E-state index is 4.93. The average molecular weight is 1090 g/mol. The van der Waals surface area contributed by atoms with Gasteiger partial charge in [0.2, 0.25) is 0 Å². The molecule has 0 saturated heterocycles. The van der Waals surface area contributed by atoms with Crippen LogP contribution in [0.15, 0.2) is 97.2 Å². The van der Waals surface area contributed by atoms with Gasteiger partial charge in [-0.3, -0.25) is 0 Å². The summed E-state index contributed by atoms with van der Waals surface area (Å²) in [6, 6.07) is 0. The summed E-state index contributed by atoms with van der Waals surface area (Å²) in [5, 5.41) is 0. The van der Waals surface area contributed by atoms with Gasteiger partial charge >= 0.3 is 75.7 Å². The Balaban J connectivity index is 0.000000482. The molecule has 10 heteroatoms. The molecule has 0 heterocycles. The van der Waals surface area contributed by atoms with Gasteiger partial charge in [-0.15, -0.1) is 0 Å². The quantitative estimate of drug-likeness (QED) is 0.184. The van der Waals surface area contributed by atoms with E-state index in [4.69, 9.17) is 34.1 Å². The molecule has 0 bridgehead atoms. The van der Waals surface area contributed by atoms with Crippen molar-refractivity contribution >= 4 is 64.4 Å². The Morgan fingerprint density at radius 2 is 0.466 bits per heavy atom. The van der Waals surface area contributed by atoms with E-state index in [-0.39, 0.29) is 29.7 Å². The van der Waals surface area contributed by atoms with Crippen molar-refractivity contribution in [2.75, 3.05) is 0 Å². The van der Waals surface area contributed by atoms with Crippen molar-refractivity contribution in [3.63, 3.8) is 0 Å². The second-order valence-corrected chi connectivity index (χ2v) is 59.5. The Hall–Kier alpha value is 1.71. The molecule has 0 nitrogen and oxygen atoms in total. The third kappa shape index (κ3) is 12.1. The van der Waals surface area contributed by atoms with Crippen LogP contribution in [-0.2, 0) is 41.7 Å². The fourth-order valence-corrected chi connectivity index (χ4v) is 41.3. The summed E-state index contributed by atoms with van der Waals surface area (Å²) in [6.45, 7) is 22.3. The minimum absolute atomic E-state index is 0. The van der Waals surface area contributed by atoms with Gasteiger partial charge in [0.1, 0.15) is 0 Å². The van der Waals surface area contributed by atoms with Crippen LogP contribution in [0.25, 0.3) is 0 Å². The van der Waals surface area contributed by atoms with Crippen LogP contribution in [0.1, 0.15) is 51.4 Å². The van der Waals surface area contributed by atoms with E-state index < -0.39 is 72.1 Å². The predicted molar refractivity (Wildman–Crippen MR) is 272 cm³/mol. The van der Waals surface area contributed by atoms with Gasteiger partial charge in [-0.2, -0.15) is 0 Å². The first-order valence-electron chi connectivity index (χ1n) is 21.0.